The summed E-state index contributed by atoms with van der Waals surface area (Å²) in [6.45, 7) is 9.14. The number of aliphatic carboxylic acids is 1. The molecule has 3 unspecified atom stereocenters. The number of allylic oxidation sites excluding steroid dienone is 4. The van der Waals surface area contributed by atoms with E-state index in [0.29, 0.717) is 28.5 Å². The van der Waals surface area contributed by atoms with Crippen molar-refractivity contribution in [3.8, 4) is 0 Å². The van der Waals surface area contributed by atoms with Crippen molar-refractivity contribution < 1.29 is 9.90 Å². The fourth-order valence-corrected chi connectivity index (χ4v) is 6.69. The zero-order valence-corrected chi connectivity index (χ0v) is 23.5. The average Bonchev–Trinajstić information content (AvgIpc) is 2.85. The molecule has 0 spiro atoms. The zero-order chi connectivity index (χ0) is 25.8. The predicted molar refractivity (Wildman–Crippen MR) is 149 cm³/mol. The Balaban J connectivity index is 1.36. The van der Waals surface area contributed by atoms with E-state index >= 15 is 0 Å². The van der Waals surface area contributed by atoms with Crippen molar-refractivity contribution in [3.63, 3.8) is 0 Å². The van der Waals surface area contributed by atoms with E-state index in [1.807, 2.05) is 12.1 Å². The second-order valence-electron chi connectivity index (χ2n) is 10.6. The number of carboxylic acids is 1. The van der Waals surface area contributed by atoms with Crippen molar-refractivity contribution in [1.82, 2.24) is 15.1 Å². The molecular formula is C28H38Cl3N3O2. The SMILES string of the molecule is CC(NC1=CC(C2CCN([C@H]3CCCN(CCC(=O)O)C3)CC2)=CC(C)C1Cl)c1ccc(Cl)cc1Cl. The van der Waals surface area contributed by atoms with E-state index in [4.69, 9.17) is 39.9 Å². The minimum absolute atomic E-state index is 0.0195. The van der Waals surface area contributed by atoms with Crippen LogP contribution in [-0.4, -0.2) is 65.0 Å². The fraction of sp³-hybridized carbons (Fsp3) is 0.607. The molecule has 2 aliphatic heterocycles. The molecule has 2 N–H and O–H groups in total. The first kappa shape index (κ1) is 27.8. The highest BCUT2D eigenvalue weighted by Gasteiger charge is 2.32. The zero-order valence-electron chi connectivity index (χ0n) is 21.2. The number of alkyl halides is 1. The van der Waals surface area contributed by atoms with Gasteiger partial charge in [-0.15, -0.1) is 11.6 Å². The standard InChI is InChI=1S/C28H38Cl3N3O2/c1-18-14-21(15-26(28(18)31)32-19(2)24-6-5-22(29)16-25(24)30)20-7-12-34(13-8-20)23-4-3-10-33(17-23)11-9-27(35)36/h5-6,14-16,18-20,23,28,32H,3-4,7-13,17H2,1-2H3,(H,35,36)/t18?,19?,23-,28?/m0/s1. The van der Waals surface area contributed by atoms with Crippen molar-refractivity contribution in [2.24, 2.45) is 11.8 Å². The van der Waals surface area contributed by atoms with Gasteiger partial charge in [-0.25, -0.2) is 0 Å². The van der Waals surface area contributed by atoms with Gasteiger partial charge >= 0.3 is 5.97 Å². The lowest BCUT2D eigenvalue weighted by atomic mass is 9.82. The van der Waals surface area contributed by atoms with E-state index < -0.39 is 5.97 Å². The molecule has 1 aliphatic carbocycles. The smallest absolute Gasteiger partial charge is 0.304 e. The molecular weight excluding hydrogens is 517 g/mol. The largest absolute Gasteiger partial charge is 0.481 e. The topological polar surface area (TPSA) is 55.8 Å². The van der Waals surface area contributed by atoms with E-state index in [-0.39, 0.29) is 23.8 Å². The number of benzene rings is 1. The van der Waals surface area contributed by atoms with E-state index in [1.165, 1.54) is 12.0 Å². The Morgan fingerprint density at radius 1 is 1.19 bits per heavy atom. The van der Waals surface area contributed by atoms with Gasteiger partial charge in [0.15, 0.2) is 0 Å². The molecule has 5 nitrogen and oxygen atoms in total. The third-order valence-corrected chi connectivity index (χ3v) is 9.18. The number of piperidine rings is 2. The van der Waals surface area contributed by atoms with Gasteiger partial charge in [-0.1, -0.05) is 42.3 Å². The monoisotopic (exact) mass is 553 g/mol. The number of hydrogen-bond acceptors (Lipinski definition) is 4. The molecule has 198 valence electrons. The van der Waals surface area contributed by atoms with Gasteiger partial charge in [0.2, 0.25) is 0 Å². The molecule has 0 saturated carbocycles. The Morgan fingerprint density at radius 3 is 2.64 bits per heavy atom. The highest BCUT2D eigenvalue weighted by atomic mass is 35.5. The lowest BCUT2D eigenvalue weighted by Gasteiger charge is -2.43. The molecule has 4 rings (SSSR count). The van der Waals surface area contributed by atoms with Crippen LogP contribution in [0.3, 0.4) is 0 Å². The number of likely N-dealkylation sites (tertiary alicyclic amines) is 2. The molecule has 1 aromatic carbocycles. The number of carbonyl (C=O) groups is 1. The number of nitrogens with one attached hydrogen (secondary N) is 1. The Morgan fingerprint density at radius 2 is 1.94 bits per heavy atom. The van der Waals surface area contributed by atoms with Crippen LogP contribution in [-0.2, 0) is 4.79 Å². The van der Waals surface area contributed by atoms with Gasteiger partial charge in [0, 0.05) is 40.9 Å². The van der Waals surface area contributed by atoms with Crippen LogP contribution < -0.4 is 5.32 Å². The van der Waals surface area contributed by atoms with Gasteiger partial charge in [-0.05, 0) is 93.4 Å². The van der Waals surface area contributed by atoms with Crippen LogP contribution in [0, 0.1) is 11.8 Å². The van der Waals surface area contributed by atoms with Crippen LogP contribution in [0.1, 0.15) is 57.6 Å². The first-order chi connectivity index (χ1) is 17.2. The number of carboxylic acid groups (broad SMARTS) is 1. The maximum Gasteiger partial charge on any atom is 0.304 e. The summed E-state index contributed by atoms with van der Waals surface area (Å²) in [7, 11) is 0. The maximum absolute atomic E-state index is 11.0. The molecule has 2 saturated heterocycles. The summed E-state index contributed by atoms with van der Waals surface area (Å²) in [5.74, 6) is 0.0756. The lowest BCUT2D eigenvalue weighted by Crippen LogP contribution is -2.50. The summed E-state index contributed by atoms with van der Waals surface area (Å²) < 4.78 is 0. The molecule has 8 heteroatoms. The van der Waals surface area contributed by atoms with Crippen molar-refractivity contribution in [2.75, 3.05) is 32.7 Å². The number of halogens is 3. The first-order valence-corrected chi connectivity index (χ1v) is 14.4. The van der Waals surface area contributed by atoms with Gasteiger partial charge in [-0.2, -0.15) is 0 Å². The summed E-state index contributed by atoms with van der Waals surface area (Å²) >= 11 is 19.4. The highest BCUT2D eigenvalue weighted by Crippen LogP contribution is 2.36. The summed E-state index contributed by atoms with van der Waals surface area (Å²) in [6.07, 6.45) is 9.50. The molecule has 3 aliphatic rings. The maximum atomic E-state index is 11.0. The molecule has 2 heterocycles. The van der Waals surface area contributed by atoms with Gasteiger partial charge in [0.1, 0.15) is 0 Å². The Labute approximate surface area is 230 Å². The van der Waals surface area contributed by atoms with Crippen LogP contribution in [0.5, 0.6) is 0 Å². The van der Waals surface area contributed by atoms with E-state index in [9.17, 15) is 4.79 Å². The second kappa shape index (κ2) is 12.5. The minimum atomic E-state index is -0.709. The molecule has 2 fully saturated rings. The van der Waals surface area contributed by atoms with Crippen molar-refractivity contribution >= 4 is 40.8 Å². The van der Waals surface area contributed by atoms with Crippen LogP contribution in [0.15, 0.2) is 41.6 Å². The molecule has 0 radical (unpaired) electrons. The summed E-state index contributed by atoms with van der Waals surface area (Å²) in [4.78, 5) is 15.9. The summed E-state index contributed by atoms with van der Waals surface area (Å²) in [5, 5.41) is 13.9. The highest BCUT2D eigenvalue weighted by molar-refractivity contribution is 6.35. The molecule has 0 aromatic heterocycles. The quantitative estimate of drug-likeness (QED) is 0.366. The Hall–Kier alpha value is -1.24. The van der Waals surface area contributed by atoms with Crippen molar-refractivity contribution in [1.29, 1.82) is 0 Å². The lowest BCUT2D eigenvalue weighted by molar-refractivity contribution is -0.137. The summed E-state index contributed by atoms with van der Waals surface area (Å²) in [6, 6.07) is 6.18. The van der Waals surface area contributed by atoms with Crippen LogP contribution >= 0.6 is 34.8 Å². The van der Waals surface area contributed by atoms with Gasteiger partial charge < -0.3 is 15.3 Å². The molecule has 4 atom stereocenters. The normalized spacial score (nSPS) is 27.3. The first-order valence-electron chi connectivity index (χ1n) is 13.2. The number of rotatable bonds is 8. The van der Waals surface area contributed by atoms with Gasteiger partial charge in [0.25, 0.3) is 0 Å². The third kappa shape index (κ3) is 6.99. The molecule has 0 bridgehead atoms. The third-order valence-electron chi connectivity index (χ3n) is 7.99. The summed E-state index contributed by atoms with van der Waals surface area (Å²) in [5.41, 5.74) is 3.46. The van der Waals surface area contributed by atoms with E-state index in [0.717, 1.165) is 56.7 Å². The van der Waals surface area contributed by atoms with E-state index in [2.05, 4.69) is 41.1 Å². The molecule has 36 heavy (non-hydrogen) atoms. The predicted octanol–water partition coefficient (Wildman–Crippen LogP) is 6.36. The van der Waals surface area contributed by atoms with Gasteiger partial charge in [-0.3, -0.25) is 9.69 Å². The molecule has 0 amide bonds. The minimum Gasteiger partial charge on any atom is -0.481 e. The van der Waals surface area contributed by atoms with Gasteiger partial charge in [0.05, 0.1) is 11.8 Å². The van der Waals surface area contributed by atoms with Crippen molar-refractivity contribution in [3.05, 3.63) is 57.2 Å². The second-order valence-corrected chi connectivity index (χ2v) is 11.9. The Kier molecular flexibility index (Phi) is 9.68. The van der Waals surface area contributed by atoms with Crippen LogP contribution in [0.4, 0.5) is 0 Å². The average molecular weight is 555 g/mol. The van der Waals surface area contributed by atoms with Crippen LogP contribution in [0.2, 0.25) is 10.0 Å². The van der Waals surface area contributed by atoms with Crippen molar-refractivity contribution in [2.45, 2.75) is 63.4 Å². The van der Waals surface area contributed by atoms with E-state index in [1.54, 1.807) is 6.07 Å². The van der Waals surface area contributed by atoms with Crippen LogP contribution in [0.25, 0.3) is 0 Å². The number of hydrogen-bond donors (Lipinski definition) is 2. The number of nitrogens with zero attached hydrogens (tertiary/aromatic N) is 2. The Bertz CT molecular complexity index is 990. The fourth-order valence-electron chi connectivity index (χ4n) is 5.92. The molecule has 1 aromatic rings.